The van der Waals surface area contributed by atoms with E-state index < -0.39 is 22.8 Å². The number of imide groups is 1. The van der Waals surface area contributed by atoms with E-state index in [1.54, 1.807) is 24.3 Å². The molecule has 2 aliphatic heterocycles. The molecule has 0 aromatic heterocycles. The Balaban J connectivity index is 1.61. The molecule has 1 saturated heterocycles. The summed E-state index contributed by atoms with van der Waals surface area (Å²) in [4.78, 5) is 38.7. The van der Waals surface area contributed by atoms with Gasteiger partial charge in [-0.3, -0.25) is 24.7 Å². The van der Waals surface area contributed by atoms with Crippen LogP contribution < -0.4 is 9.91 Å². The van der Waals surface area contributed by atoms with Gasteiger partial charge in [-0.2, -0.15) is 5.10 Å². The van der Waals surface area contributed by atoms with Gasteiger partial charge in [0.1, 0.15) is 12.0 Å². The average molecular weight is 491 g/mol. The number of non-ortho nitro benzene ring substituents is 1. The molecule has 9 heteroatoms. The van der Waals surface area contributed by atoms with E-state index in [4.69, 9.17) is 0 Å². The summed E-state index contributed by atoms with van der Waals surface area (Å²) in [5.74, 6) is -1.53. The maximum absolute atomic E-state index is 13.5. The third-order valence-corrected chi connectivity index (χ3v) is 6.06. The standard InChI is InChI=1S/C23H15BrN4O4/c24-15-6-8-16(9-7-15)26-22(29)19-20(14-4-2-1-3-5-14)25-27(21(19)23(26)30)17-10-12-18(13-11-17)28(31)32/h1-13,19,21H/t19-,21+/m0/s1. The molecular weight excluding hydrogens is 476 g/mol. The molecule has 0 bridgehead atoms. The quantitative estimate of drug-likeness (QED) is 0.311. The van der Waals surface area contributed by atoms with Crippen molar-refractivity contribution in [2.75, 3.05) is 9.91 Å². The molecule has 2 heterocycles. The van der Waals surface area contributed by atoms with E-state index >= 15 is 0 Å². The number of rotatable bonds is 4. The maximum Gasteiger partial charge on any atom is 0.269 e. The minimum atomic E-state index is -0.872. The first-order valence-corrected chi connectivity index (χ1v) is 10.6. The van der Waals surface area contributed by atoms with Crippen LogP contribution in [0.5, 0.6) is 0 Å². The lowest BCUT2D eigenvalue weighted by molar-refractivity contribution is -0.384. The van der Waals surface area contributed by atoms with Crippen molar-refractivity contribution in [1.82, 2.24) is 0 Å². The molecule has 32 heavy (non-hydrogen) atoms. The van der Waals surface area contributed by atoms with Crippen LogP contribution in [0.1, 0.15) is 5.56 Å². The molecule has 1 fully saturated rings. The van der Waals surface area contributed by atoms with Crippen molar-refractivity contribution in [2.24, 2.45) is 11.0 Å². The lowest BCUT2D eigenvalue weighted by Gasteiger charge is -2.22. The fourth-order valence-corrected chi connectivity index (χ4v) is 4.31. The number of nitro groups is 1. The number of hydrogen-bond acceptors (Lipinski definition) is 6. The number of carbonyl (C=O) groups is 2. The molecule has 0 unspecified atom stereocenters. The number of halogens is 1. The third-order valence-electron chi connectivity index (χ3n) is 5.53. The molecule has 3 aromatic rings. The minimum absolute atomic E-state index is 0.0675. The molecule has 2 atom stereocenters. The van der Waals surface area contributed by atoms with E-state index in [1.807, 2.05) is 30.3 Å². The number of anilines is 2. The molecule has 0 N–H and O–H groups in total. The summed E-state index contributed by atoms with van der Waals surface area (Å²) in [6, 6.07) is 21.1. The van der Waals surface area contributed by atoms with E-state index in [0.717, 1.165) is 10.0 Å². The van der Waals surface area contributed by atoms with Crippen molar-refractivity contribution in [2.45, 2.75) is 6.04 Å². The first-order chi connectivity index (χ1) is 15.5. The van der Waals surface area contributed by atoms with Crippen LogP contribution in [-0.4, -0.2) is 28.5 Å². The zero-order valence-corrected chi connectivity index (χ0v) is 18.0. The molecule has 0 spiro atoms. The molecule has 2 amide bonds. The van der Waals surface area contributed by atoms with Crippen molar-refractivity contribution in [1.29, 1.82) is 0 Å². The number of fused-ring (bicyclic) bond motifs is 1. The second-order valence-electron chi connectivity index (χ2n) is 7.38. The number of hydrogen-bond donors (Lipinski definition) is 0. The van der Waals surface area contributed by atoms with Gasteiger partial charge in [0.25, 0.3) is 11.6 Å². The molecule has 0 radical (unpaired) electrons. The molecule has 0 aliphatic carbocycles. The lowest BCUT2D eigenvalue weighted by Crippen LogP contribution is -2.39. The highest BCUT2D eigenvalue weighted by Gasteiger charge is 2.57. The molecular formula is C23H15BrN4O4. The smallest absolute Gasteiger partial charge is 0.269 e. The number of hydrazone groups is 1. The largest absolute Gasteiger partial charge is 0.273 e. The Kier molecular flexibility index (Phi) is 4.82. The Morgan fingerprint density at radius 2 is 1.47 bits per heavy atom. The third kappa shape index (κ3) is 3.18. The minimum Gasteiger partial charge on any atom is -0.273 e. The number of benzene rings is 3. The van der Waals surface area contributed by atoms with Crippen molar-refractivity contribution in [3.05, 3.63) is 99.0 Å². The second kappa shape index (κ2) is 7.69. The summed E-state index contributed by atoms with van der Waals surface area (Å²) in [7, 11) is 0. The van der Waals surface area contributed by atoms with Crippen LogP contribution in [0.25, 0.3) is 0 Å². The second-order valence-corrected chi connectivity index (χ2v) is 8.30. The molecule has 3 aromatic carbocycles. The summed E-state index contributed by atoms with van der Waals surface area (Å²) in [5, 5.41) is 17.2. The maximum atomic E-state index is 13.5. The van der Waals surface area contributed by atoms with E-state index in [0.29, 0.717) is 17.1 Å². The highest BCUT2D eigenvalue weighted by atomic mass is 79.9. The summed E-state index contributed by atoms with van der Waals surface area (Å²) in [6.07, 6.45) is 0. The lowest BCUT2D eigenvalue weighted by atomic mass is 9.93. The monoisotopic (exact) mass is 490 g/mol. The van der Waals surface area contributed by atoms with Crippen LogP contribution in [0.3, 0.4) is 0 Å². The predicted octanol–water partition coefficient (Wildman–Crippen LogP) is 4.14. The molecule has 5 rings (SSSR count). The Bertz CT molecular complexity index is 1260. The Hall–Kier alpha value is -3.85. The molecule has 2 aliphatic rings. The van der Waals surface area contributed by atoms with Crippen LogP contribution >= 0.6 is 15.9 Å². The Labute approximate surface area is 191 Å². The van der Waals surface area contributed by atoms with Crippen LogP contribution in [0, 0.1) is 16.0 Å². The number of nitro benzene ring substituents is 1. The van der Waals surface area contributed by atoms with E-state index in [-0.39, 0.29) is 11.6 Å². The number of amides is 2. The van der Waals surface area contributed by atoms with Gasteiger partial charge in [0.15, 0.2) is 0 Å². The van der Waals surface area contributed by atoms with Crippen molar-refractivity contribution in [3.8, 4) is 0 Å². The zero-order valence-electron chi connectivity index (χ0n) is 16.5. The first-order valence-electron chi connectivity index (χ1n) is 9.76. The van der Waals surface area contributed by atoms with Gasteiger partial charge in [-0.25, -0.2) is 4.90 Å². The van der Waals surface area contributed by atoms with Crippen LogP contribution in [0.15, 0.2) is 88.4 Å². The van der Waals surface area contributed by atoms with Gasteiger partial charge < -0.3 is 0 Å². The number of nitrogens with zero attached hydrogens (tertiary/aromatic N) is 4. The number of carbonyl (C=O) groups excluding carboxylic acids is 2. The van der Waals surface area contributed by atoms with Gasteiger partial charge in [-0.05, 0) is 42.0 Å². The normalized spacial score (nSPS) is 19.8. The van der Waals surface area contributed by atoms with Crippen molar-refractivity contribution in [3.63, 3.8) is 0 Å². The molecule has 158 valence electrons. The van der Waals surface area contributed by atoms with Crippen molar-refractivity contribution >= 4 is 50.5 Å². The van der Waals surface area contributed by atoms with E-state index in [1.165, 1.54) is 34.2 Å². The fourth-order valence-electron chi connectivity index (χ4n) is 4.05. The Morgan fingerprint density at radius 1 is 0.844 bits per heavy atom. The van der Waals surface area contributed by atoms with Gasteiger partial charge in [0, 0.05) is 16.6 Å². The highest BCUT2D eigenvalue weighted by Crippen LogP contribution is 2.39. The average Bonchev–Trinajstić information content (AvgIpc) is 3.32. The van der Waals surface area contributed by atoms with E-state index in [2.05, 4.69) is 21.0 Å². The highest BCUT2D eigenvalue weighted by molar-refractivity contribution is 9.10. The molecule has 8 nitrogen and oxygen atoms in total. The van der Waals surface area contributed by atoms with Gasteiger partial charge in [-0.1, -0.05) is 46.3 Å². The summed E-state index contributed by atoms with van der Waals surface area (Å²) >= 11 is 3.37. The van der Waals surface area contributed by atoms with Gasteiger partial charge in [0.05, 0.1) is 22.0 Å². The van der Waals surface area contributed by atoms with Crippen molar-refractivity contribution < 1.29 is 14.5 Å². The topological polar surface area (TPSA) is 96.1 Å². The Morgan fingerprint density at radius 3 is 2.09 bits per heavy atom. The zero-order chi connectivity index (χ0) is 22.4. The summed E-state index contributed by atoms with van der Waals surface area (Å²) < 4.78 is 0.833. The van der Waals surface area contributed by atoms with Gasteiger partial charge in [-0.15, -0.1) is 0 Å². The fraction of sp³-hybridized carbons (Fsp3) is 0.0870. The summed E-state index contributed by atoms with van der Waals surface area (Å²) in [5.41, 5.74) is 2.14. The molecule has 0 saturated carbocycles. The van der Waals surface area contributed by atoms with Crippen LogP contribution in [0.2, 0.25) is 0 Å². The van der Waals surface area contributed by atoms with Gasteiger partial charge in [0.2, 0.25) is 5.91 Å². The van der Waals surface area contributed by atoms with Crippen LogP contribution in [-0.2, 0) is 9.59 Å². The van der Waals surface area contributed by atoms with E-state index in [9.17, 15) is 19.7 Å². The SMILES string of the molecule is O=C1[C@H]2C(c3ccccc3)=NN(c3ccc([N+](=O)[O-])cc3)[C@H]2C(=O)N1c1ccc(Br)cc1. The van der Waals surface area contributed by atoms with Gasteiger partial charge >= 0.3 is 0 Å². The predicted molar refractivity (Wildman–Crippen MR) is 122 cm³/mol. The summed E-state index contributed by atoms with van der Waals surface area (Å²) in [6.45, 7) is 0. The first kappa shape index (κ1) is 20.1. The van der Waals surface area contributed by atoms with Crippen LogP contribution in [0.4, 0.5) is 17.1 Å².